The summed E-state index contributed by atoms with van der Waals surface area (Å²) in [7, 11) is 0. The van der Waals surface area contributed by atoms with E-state index in [1.54, 1.807) is 4.90 Å². The Morgan fingerprint density at radius 2 is 2.50 bits per heavy atom. The molecule has 12 heavy (non-hydrogen) atoms. The summed E-state index contributed by atoms with van der Waals surface area (Å²) < 4.78 is 0. The maximum absolute atomic E-state index is 11.0. The standard InChI is InChI=1S/C8H16N2O2/c1-2-3-6(11)4-10-5-7(9)8(10)12/h6-7,11H,2-5,9H2,1H3. The van der Waals surface area contributed by atoms with Crippen molar-refractivity contribution in [1.29, 1.82) is 0 Å². The number of hydrogen-bond acceptors (Lipinski definition) is 3. The van der Waals surface area contributed by atoms with Gasteiger partial charge in [-0.25, -0.2) is 0 Å². The molecule has 1 saturated heterocycles. The number of aliphatic hydroxyl groups excluding tert-OH is 1. The second-order valence-corrected chi connectivity index (χ2v) is 3.29. The van der Waals surface area contributed by atoms with Crippen LogP contribution >= 0.6 is 0 Å². The Labute approximate surface area is 72.3 Å². The molecule has 3 N–H and O–H groups in total. The average molecular weight is 172 g/mol. The van der Waals surface area contributed by atoms with Crippen LogP contribution in [0.15, 0.2) is 0 Å². The van der Waals surface area contributed by atoms with E-state index in [1.165, 1.54) is 0 Å². The first-order valence-corrected chi connectivity index (χ1v) is 4.37. The van der Waals surface area contributed by atoms with Gasteiger partial charge >= 0.3 is 0 Å². The summed E-state index contributed by atoms with van der Waals surface area (Å²) in [4.78, 5) is 12.6. The highest BCUT2D eigenvalue weighted by Gasteiger charge is 2.33. The van der Waals surface area contributed by atoms with Gasteiger partial charge in [-0.1, -0.05) is 13.3 Å². The van der Waals surface area contributed by atoms with Gasteiger partial charge in [0.15, 0.2) is 0 Å². The Balaban J connectivity index is 2.20. The van der Waals surface area contributed by atoms with Crippen molar-refractivity contribution in [3.8, 4) is 0 Å². The maximum Gasteiger partial charge on any atom is 0.241 e. The lowest BCUT2D eigenvalue weighted by Gasteiger charge is -2.37. The van der Waals surface area contributed by atoms with Crippen LogP contribution in [-0.4, -0.2) is 41.1 Å². The highest BCUT2D eigenvalue weighted by atomic mass is 16.3. The minimum absolute atomic E-state index is 0.0369. The largest absolute Gasteiger partial charge is 0.391 e. The topological polar surface area (TPSA) is 66.6 Å². The first-order valence-electron chi connectivity index (χ1n) is 4.37. The molecule has 1 aliphatic rings. The van der Waals surface area contributed by atoms with Crippen molar-refractivity contribution >= 4 is 5.91 Å². The number of aliphatic hydroxyl groups is 1. The molecule has 0 bridgehead atoms. The number of hydrogen-bond donors (Lipinski definition) is 2. The molecule has 2 unspecified atom stereocenters. The van der Waals surface area contributed by atoms with Crippen molar-refractivity contribution in [2.75, 3.05) is 13.1 Å². The van der Waals surface area contributed by atoms with Crippen LogP contribution in [0.5, 0.6) is 0 Å². The summed E-state index contributed by atoms with van der Waals surface area (Å²) in [6.45, 7) is 3.05. The summed E-state index contributed by atoms with van der Waals surface area (Å²) in [6, 6.07) is -0.321. The van der Waals surface area contributed by atoms with Gasteiger partial charge in [0.1, 0.15) is 6.04 Å². The normalized spacial score (nSPS) is 25.4. The van der Waals surface area contributed by atoms with Crippen molar-refractivity contribution < 1.29 is 9.90 Å². The highest BCUT2D eigenvalue weighted by Crippen LogP contribution is 2.09. The molecule has 70 valence electrons. The molecule has 0 spiro atoms. The van der Waals surface area contributed by atoms with Crippen molar-refractivity contribution in [3.63, 3.8) is 0 Å². The molecule has 1 heterocycles. The van der Waals surface area contributed by atoms with E-state index in [0.717, 1.165) is 12.8 Å². The molecule has 1 aliphatic heterocycles. The van der Waals surface area contributed by atoms with Crippen molar-refractivity contribution in [2.45, 2.75) is 31.9 Å². The van der Waals surface area contributed by atoms with Gasteiger partial charge in [0.2, 0.25) is 5.91 Å². The molecule has 2 atom stereocenters. The zero-order valence-corrected chi connectivity index (χ0v) is 7.36. The number of amides is 1. The van der Waals surface area contributed by atoms with Crippen LogP contribution in [0.4, 0.5) is 0 Å². The molecule has 1 rings (SSSR count). The van der Waals surface area contributed by atoms with Crippen LogP contribution in [0.2, 0.25) is 0 Å². The number of rotatable bonds is 4. The summed E-state index contributed by atoms with van der Waals surface area (Å²) in [6.07, 6.45) is 1.31. The predicted octanol–water partition coefficient (Wildman–Crippen LogP) is -0.683. The van der Waals surface area contributed by atoms with Gasteiger partial charge in [-0.3, -0.25) is 4.79 Å². The number of nitrogens with two attached hydrogens (primary N) is 1. The zero-order valence-electron chi connectivity index (χ0n) is 7.36. The van der Waals surface area contributed by atoms with Gasteiger partial charge in [0, 0.05) is 13.1 Å². The highest BCUT2D eigenvalue weighted by molar-refractivity contribution is 5.87. The van der Waals surface area contributed by atoms with Gasteiger partial charge in [0.25, 0.3) is 0 Å². The lowest BCUT2D eigenvalue weighted by atomic mass is 10.1. The van der Waals surface area contributed by atoms with Crippen LogP contribution in [0, 0.1) is 0 Å². The lowest BCUT2D eigenvalue weighted by Crippen LogP contribution is -2.62. The van der Waals surface area contributed by atoms with E-state index in [9.17, 15) is 9.90 Å². The van der Waals surface area contributed by atoms with Gasteiger partial charge < -0.3 is 15.7 Å². The minimum Gasteiger partial charge on any atom is -0.391 e. The third-order valence-corrected chi connectivity index (χ3v) is 2.10. The second-order valence-electron chi connectivity index (χ2n) is 3.29. The fourth-order valence-electron chi connectivity index (χ4n) is 1.37. The molecular formula is C8H16N2O2. The second kappa shape index (κ2) is 3.87. The van der Waals surface area contributed by atoms with Gasteiger partial charge in [-0.05, 0) is 6.42 Å². The molecule has 0 aromatic carbocycles. The van der Waals surface area contributed by atoms with Crippen LogP contribution in [0.3, 0.4) is 0 Å². The average Bonchev–Trinajstić information content (AvgIpc) is 2.04. The molecule has 0 saturated carbocycles. The van der Waals surface area contributed by atoms with Crippen molar-refractivity contribution in [1.82, 2.24) is 4.90 Å². The first-order chi connectivity index (χ1) is 5.65. The fourth-order valence-corrected chi connectivity index (χ4v) is 1.37. The van der Waals surface area contributed by atoms with Gasteiger partial charge in [-0.2, -0.15) is 0 Å². The maximum atomic E-state index is 11.0. The summed E-state index contributed by atoms with van der Waals surface area (Å²) in [5, 5.41) is 9.35. The predicted molar refractivity (Wildman–Crippen MR) is 45.5 cm³/mol. The Morgan fingerprint density at radius 1 is 1.83 bits per heavy atom. The number of nitrogens with zero attached hydrogens (tertiary/aromatic N) is 1. The van der Waals surface area contributed by atoms with E-state index in [0.29, 0.717) is 13.1 Å². The molecule has 4 nitrogen and oxygen atoms in total. The fraction of sp³-hybridized carbons (Fsp3) is 0.875. The van der Waals surface area contributed by atoms with Crippen LogP contribution in [-0.2, 0) is 4.79 Å². The van der Waals surface area contributed by atoms with E-state index in [1.807, 2.05) is 6.92 Å². The van der Waals surface area contributed by atoms with E-state index in [2.05, 4.69) is 0 Å². The van der Waals surface area contributed by atoms with Gasteiger partial charge in [0.05, 0.1) is 6.10 Å². The first kappa shape index (κ1) is 9.48. The number of carbonyl (C=O) groups excluding carboxylic acids is 1. The third-order valence-electron chi connectivity index (χ3n) is 2.10. The smallest absolute Gasteiger partial charge is 0.241 e. The molecule has 1 fully saturated rings. The Morgan fingerprint density at radius 3 is 2.92 bits per heavy atom. The van der Waals surface area contributed by atoms with Crippen LogP contribution < -0.4 is 5.73 Å². The minimum atomic E-state index is -0.383. The van der Waals surface area contributed by atoms with E-state index >= 15 is 0 Å². The van der Waals surface area contributed by atoms with Crippen LogP contribution in [0.25, 0.3) is 0 Å². The third kappa shape index (κ3) is 1.95. The molecule has 0 aromatic heterocycles. The van der Waals surface area contributed by atoms with E-state index in [4.69, 9.17) is 5.73 Å². The number of likely N-dealkylation sites (tertiary alicyclic amines) is 1. The Hall–Kier alpha value is -0.610. The number of β-lactam (4-membered cyclic amide) rings is 1. The number of carbonyl (C=O) groups is 1. The van der Waals surface area contributed by atoms with E-state index < -0.39 is 0 Å². The molecular weight excluding hydrogens is 156 g/mol. The Kier molecular flexibility index (Phi) is 3.05. The molecule has 1 amide bonds. The molecule has 0 aliphatic carbocycles. The summed E-state index contributed by atoms with van der Waals surface area (Å²) in [5.41, 5.74) is 5.39. The summed E-state index contributed by atoms with van der Waals surface area (Å²) >= 11 is 0. The quantitative estimate of drug-likeness (QED) is 0.552. The molecule has 0 radical (unpaired) electrons. The van der Waals surface area contributed by atoms with Crippen molar-refractivity contribution in [2.24, 2.45) is 5.73 Å². The number of β-amino-alcohol motifs (C(OH)–C–C–N with tert-alkyl or cyclic N) is 1. The molecule has 0 aromatic rings. The van der Waals surface area contributed by atoms with Crippen molar-refractivity contribution in [3.05, 3.63) is 0 Å². The lowest BCUT2D eigenvalue weighted by molar-refractivity contribution is -0.144. The van der Waals surface area contributed by atoms with Crippen LogP contribution in [0.1, 0.15) is 19.8 Å². The Bertz CT molecular complexity index is 172. The van der Waals surface area contributed by atoms with E-state index in [-0.39, 0.29) is 18.1 Å². The summed E-state index contributed by atoms with van der Waals surface area (Å²) in [5.74, 6) is -0.0369. The van der Waals surface area contributed by atoms with Gasteiger partial charge in [-0.15, -0.1) is 0 Å². The zero-order chi connectivity index (χ0) is 9.14. The monoisotopic (exact) mass is 172 g/mol. The molecule has 4 heteroatoms. The SMILES string of the molecule is CCCC(O)CN1CC(N)C1=O.